The Hall–Kier alpha value is -1.12. The van der Waals surface area contributed by atoms with Crippen LogP contribution in [0.2, 0.25) is 0 Å². The number of imide groups is 1. The summed E-state index contributed by atoms with van der Waals surface area (Å²) in [6.07, 6.45) is 3.73. The fourth-order valence-corrected chi connectivity index (χ4v) is 2.29. The molecule has 0 saturated heterocycles. The Kier molecular flexibility index (Phi) is 2.17. The Labute approximate surface area is 83.8 Å². The van der Waals surface area contributed by atoms with Crippen LogP contribution in [0.5, 0.6) is 0 Å². The zero-order valence-corrected chi connectivity index (χ0v) is 8.62. The van der Waals surface area contributed by atoms with Crippen molar-refractivity contribution in [1.29, 1.82) is 0 Å². The third-order valence-corrected chi connectivity index (χ3v) is 3.10. The van der Waals surface area contributed by atoms with E-state index in [0.29, 0.717) is 18.0 Å². The maximum Gasteiger partial charge on any atom is 0.256 e. The van der Waals surface area contributed by atoms with E-state index in [2.05, 4.69) is 6.92 Å². The highest BCUT2D eigenvalue weighted by molar-refractivity contribution is 6.15. The van der Waals surface area contributed by atoms with Gasteiger partial charge in [-0.25, -0.2) is 0 Å². The molecule has 1 aliphatic carbocycles. The Morgan fingerprint density at radius 3 is 2.50 bits per heavy atom. The predicted octanol–water partition coefficient (Wildman–Crippen LogP) is 1.35. The predicted molar refractivity (Wildman–Crippen MR) is 52.4 cm³/mol. The van der Waals surface area contributed by atoms with Crippen molar-refractivity contribution in [3.05, 3.63) is 11.6 Å². The molecule has 1 saturated carbocycles. The van der Waals surface area contributed by atoms with E-state index in [-0.39, 0.29) is 11.8 Å². The highest BCUT2D eigenvalue weighted by Gasteiger charge is 2.34. The van der Waals surface area contributed by atoms with E-state index in [1.165, 1.54) is 11.0 Å². The number of hydrogen-bond acceptors (Lipinski definition) is 2. The standard InChI is InChI=1S/C11H15NO2/c1-7-3-9(4-7)6-12-10(13)5-8(2)11(12)14/h5,7,9H,3-4,6H2,1-2H3. The summed E-state index contributed by atoms with van der Waals surface area (Å²) in [7, 11) is 0. The zero-order valence-electron chi connectivity index (χ0n) is 8.62. The van der Waals surface area contributed by atoms with Gasteiger partial charge in [-0.15, -0.1) is 0 Å². The highest BCUT2D eigenvalue weighted by Crippen LogP contribution is 2.34. The molecule has 3 nitrogen and oxygen atoms in total. The van der Waals surface area contributed by atoms with Crippen molar-refractivity contribution in [3.63, 3.8) is 0 Å². The summed E-state index contributed by atoms with van der Waals surface area (Å²) in [5.41, 5.74) is 0.572. The first kappa shape index (κ1) is 9.44. The smallest absolute Gasteiger partial charge is 0.256 e. The van der Waals surface area contributed by atoms with Crippen LogP contribution in [-0.4, -0.2) is 23.3 Å². The van der Waals surface area contributed by atoms with E-state index in [0.717, 1.165) is 18.8 Å². The third kappa shape index (κ3) is 1.47. The van der Waals surface area contributed by atoms with Gasteiger partial charge in [-0.1, -0.05) is 6.92 Å². The summed E-state index contributed by atoms with van der Waals surface area (Å²) in [6.45, 7) is 4.52. The number of amides is 2. The summed E-state index contributed by atoms with van der Waals surface area (Å²) in [5.74, 6) is 1.07. The number of carbonyl (C=O) groups excluding carboxylic acids is 2. The molecule has 0 aromatic carbocycles. The molecule has 0 bridgehead atoms. The van der Waals surface area contributed by atoms with Gasteiger partial charge in [-0.3, -0.25) is 14.5 Å². The van der Waals surface area contributed by atoms with Crippen LogP contribution >= 0.6 is 0 Å². The molecule has 2 rings (SSSR count). The van der Waals surface area contributed by atoms with Gasteiger partial charge in [-0.2, -0.15) is 0 Å². The second kappa shape index (κ2) is 3.23. The molecule has 0 spiro atoms. The lowest BCUT2D eigenvalue weighted by Gasteiger charge is -2.34. The maximum absolute atomic E-state index is 11.5. The molecule has 0 atom stereocenters. The van der Waals surface area contributed by atoms with Gasteiger partial charge in [0, 0.05) is 18.2 Å². The quantitative estimate of drug-likeness (QED) is 0.621. The normalized spacial score (nSPS) is 31.9. The van der Waals surface area contributed by atoms with Gasteiger partial charge in [0.05, 0.1) is 0 Å². The van der Waals surface area contributed by atoms with E-state index in [4.69, 9.17) is 0 Å². The fraction of sp³-hybridized carbons (Fsp3) is 0.636. The molecule has 3 heteroatoms. The highest BCUT2D eigenvalue weighted by atomic mass is 16.2. The van der Waals surface area contributed by atoms with Gasteiger partial charge < -0.3 is 0 Å². The minimum atomic E-state index is -0.132. The molecule has 0 aromatic heterocycles. The van der Waals surface area contributed by atoms with Gasteiger partial charge >= 0.3 is 0 Å². The third-order valence-electron chi connectivity index (χ3n) is 3.10. The van der Waals surface area contributed by atoms with Gasteiger partial charge in [0.1, 0.15) is 0 Å². The van der Waals surface area contributed by atoms with Crippen LogP contribution in [0.1, 0.15) is 26.7 Å². The second-order valence-electron chi connectivity index (χ2n) is 4.52. The summed E-state index contributed by atoms with van der Waals surface area (Å²) in [5, 5.41) is 0. The first-order valence-electron chi connectivity index (χ1n) is 5.12. The van der Waals surface area contributed by atoms with Crippen molar-refractivity contribution >= 4 is 11.8 Å². The average molecular weight is 193 g/mol. The molecular weight excluding hydrogens is 178 g/mol. The van der Waals surface area contributed by atoms with E-state index in [1.54, 1.807) is 6.92 Å². The van der Waals surface area contributed by atoms with E-state index >= 15 is 0 Å². The second-order valence-corrected chi connectivity index (χ2v) is 4.52. The van der Waals surface area contributed by atoms with Crippen molar-refractivity contribution in [2.24, 2.45) is 11.8 Å². The molecule has 0 N–H and O–H groups in total. The van der Waals surface area contributed by atoms with E-state index < -0.39 is 0 Å². The van der Waals surface area contributed by atoms with Crippen LogP contribution in [-0.2, 0) is 9.59 Å². The number of nitrogens with zero attached hydrogens (tertiary/aromatic N) is 1. The lowest BCUT2D eigenvalue weighted by atomic mass is 9.76. The summed E-state index contributed by atoms with van der Waals surface area (Å²) < 4.78 is 0. The summed E-state index contributed by atoms with van der Waals surface area (Å²) in [4.78, 5) is 24.3. The van der Waals surface area contributed by atoms with Crippen LogP contribution in [0.3, 0.4) is 0 Å². The molecule has 76 valence electrons. The lowest BCUT2D eigenvalue weighted by Crippen LogP contribution is -2.39. The molecule has 2 amide bonds. The molecule has 1 fully saturated rings. The SMILES string of the molecule is CC1=CC(=O)N(CC2CC(C)C2)C1=O. The van der Waals surface area contributed by atoms with Gasteiger partial charge in [0.25, 0.3) is 11.8 Å². The molecular formula is C11H15NO2. The van der Waals surface area contributed by atoms with Crippen LogP contribution in [0, 0.1) is 11.8 Å². The zero-order chi connectivity index (χ0) is 10.3. The van der Waals surface area contributed by atoms with Crippen molar-refractivity contribution < 1.29 is 9.59 Å². The minimum Gasteiger partial charge on any atom is -0.275 e. The molecule has 0 unspecified atom stereocenters. The lowest BCUT2D eigenvalue weighted by molar-refractivity contribution is -0.138. The fourth-order valence-electron chi connectivity index (χ4n) is 2.29. The molecule has 1 heterocycles. The monoisotopic (exact) mass is 193 g/mol. The van der Waals surface area contributed by atoms with Crippen molar-refractivity contribution in [3.8, 4) is 0 Å². The largest absolute Gasteiger partial charge is 0.275 e. The minimum absolute atomic E-state index is 0.102. The average Bonchev–Trinajstić information content (AvgIpc) is 2.29. The maximum atomic E-state index is 11.5. The van der Waals surface area contributed by atoms with Crippen molar-refractivity contribution in [2.75, 3.05) is 6.54 Å². The van der Waals surface area contributed by atoms with E-state index in [9.17, 15) is 9.59 Å². The van der Waals surface area contributed by atoms with Crippen molar-refractivity contribution in [2.45, 2.75) is 26.7 Å². The van der Waals surface area contributed by atoms with Gasteiger partial charge in [0.15, 0.2) is 0 Å². The Balaban J connectivity index is 1.94. The topological polar surface area (TPSA) is 37.4 Å². The summed E-state index contributed by atoms with van der Waals surface area (Å²) >= 11 is 0. The molecule has 0 radical (unpaired) electrons. The number of hydrogen-bond donors (Lipinski definition) is 0. The first-order chi connectivity index (χ1) is 6.58. The van der Waals surface area contributed by atoms with Crippen LogP contribution in [0.15, 0.2) is 11.6 Å². The Bertz CT molecular complexity index is 313. The number of rotatable bonds is 2. The van der Waals surface area contributed by atoms with Crippen LogP contribution < -0.4 is 0 Å². The van der Waals surface area contributed by atoms with Crippen LogP contribution in [0.25, 0.3) is 0 Å². The first-order valence-corrected chi connectivity index (χ1v) is 5.12. The molecule has 14 heavy (non-hydrogen) atoms. The summed E-state index contributed by atoms with van der Waals surface area (Å²) in [6, 6.07) is 0. The van der Waals surface area contributed by atoms with E-state index in [1.807, 2.05) is 0 Å². The Morgan fingerprint density at radius 2 is 2.07 bits per heavy atom. The van der Waals surface area contributed by atoms with Gasteiger partial charge in [0.2, 0.25) is 0 Å². The molecule has 2 aliphatic rings. The molecule has 0 aromatic rings. The van der Waals surface area contributed by atoms with Crippen LogP contribution in [0.4, 0.5) is 0 Å². The molecule has 1 aliphatic heterocycles. The number of carbonyl (C=O) groups is 2. The Morgan fingerprint density at radius 1 is 1.43 bits per heavy atom. The van der Waals surface area contributed by atoms with Gasteiger partial charge in [-0.05, 0) is 31.6 Å². The van der Waals surface area contributed by atoms with Crippen molar-refractivity contribution in [1.82, 2.24) is 4.90 Å².